The molecule has 0 aliphatic heterocycles. The van der Waals surface area contributed by atoms with E-state index in [1.54, 1.807) is 18.5 Å². The maximum Gasteiger partial charge on any atom is 0.123 e. The Morgan fingerprint density at radius 1 is 1.25 bits per heavy atom. The van der Waals surface area contributed by atoms with Crippen LogP contribution in [0.15, 0.2) is 42.7 Å². The van der Waals surface area contributed by atoms with Crippen molar-refractivity contribution in [2.24, 2.45) is 5.73 Å². The standard InChI is InChI=1S/C12H12FN3/c13-11-3-1-2-9(6-11)7-12(14)10-4-5-15-16-8-10/h1-6,8,12H,7,14H2. The summed E-state index contributed by atoms with van der Waals surface area (Å²) < 4.78 is 13.0. The fraction of sp³-hybridized carbons (Fsp3) is 0.167. The molecule has 0 fully saturated rings. The molecule has 1 atom stereocenters. The zero-order chi connectivity index (χ0) is 11.4. The quantitative estimate of drug-likeness (QED) is 0.853. The summed E-state index contributed by atoms with van der Waals surface area (Å²) in [6.45, 7) is 0. The Kier molecular flexibility index (Phi) is 3.22. The topological polar surface area (TPSA) is 51.8 Å². The van der Waals surface area contributed by atoms with Gasteiger partial charge in [0.15, 0.2) is 0 Å². The van der Waals surface area contributed by atoms with E-state index in [9.17, 15) is 4.39 Å². The predicted octanol–water partition coefficient (Wildman–Crippen LogP) is 1.86. The smallest absolute Gasteiger partial charge is 0.123 e. The molecule has 2 rings (SSSR count). The third kappa shape index (κ3) is 2.61. The highest BCUT2D eigenvalue weighted by Gasteiger charge is 2.07. The van der Waals surface area contributed by atoms with Gasteiger partial charge in [-0.05, 0) is 35.7 Å². The number of hydrogen-bond donors (Lipinski definition) is 1. The van der Waals surface area contributed by atoms with Gasteiger partial charge in [0.1, 0.15) is 5.82 Å². The van der Waals surface area contributed by atoms with Gasteiger partial charge in [0.05, 0.1) is 6.20 Å². The largest absolute Gasteiger partial charge is 0.324 e. The summed E-state index contributed by atoms with van der Waals surface area (Å²) in [5.74, 6) is -0.238. The van der Waals surface area contributed by atoms with Crippen molar-refractivity contribution < 1.29 is 4.39 Å². The number of benzene rings is 1. The van der Waals surface area contributed by atoms with Crippen LogP contribution in [0.2, 0.25) is 0 Å². The summed E-state index contributed by atoms with van der Waals surface area (Å²) in [6.07, 6.45) is 3.81. The summed E-state index contributed by atoms with van der Waals surface area (Å²) in [5, 5.41) is 7.44. The van der Waals surface area contributed by atoms with Crippen LogP contribution in [0.25, 0.3) is 0 Å². The average Bonchev–Trinajstić information content (AvgIpc) is 2.30. The Labute approximate surface area is 93.1 Å². The molecule has 0 amide bonds. The highest BCUT2D eigenvalue weighted by molar-refractivity contribution is 5.21. The van der Waals surface area contributed by atoms with Gasteiger partial charge in [0, 0.05) is 12.2 Å². The molecule has 1 aromatic heterocycles. The molecule has 0 radical (unpaired) electrons. The molecule has 16 heavy (non-hydrogen) atoms. The molecule has 2 N–H and O–H groups in total. The molecule has 0 bridgehead atoms. The third-order valence-electron chi connectivity index (χ3n) is 2.38. The number of halogens is 1. The number of aromatic nitrogens is 2. The van der Waals surface area contributed by atoms with Crippen LogP contribution in [0.4, 0.5) is 4.39 Å². The molecule has 0 spiro atoms. The lowest BCUT2D eigenvalue weighted by molar-refractivity contribution is 0.621. The second kappa shape index (κ2) is 4.81. The lowest BCUT2D eigenvalue weighted by Gasteiger charge is -2.11. The maximum atomic E-state index is 13.0. The van der Waals surface area contributed by atoms with Crippen LogP contribution < -0.4 is 5.73 Å². The highest BCUT2D eigenvalue weighted by Crippen LogP contribution is 2.15. The second-order valence-corrected chi connectivity index (χ2v) is 3.62. The summed E-state index contributed by atoms with van der Waals surface area (Å²) in [7, 11) is 0. The Balaban J connectivity index is 2.11. The first kappa shape index (κ1) is 10.7. The molecule has 0 saturated heterocycles. The van der Waals surface area contributed by atoms with Crippen LogP contribution in [0.3, 0.4) is 0 Å². The van der Waals surface area contributed by atoms with Crippen LogP contribution >= 0.6 is 0 Å². The molecule has 1 unspecified atom stereocenters. The van der Waals surface area contributed by atoms with Gasteiger partial charge in [-0.2, -0.15) is 10.2 Å². The van der Waals surface area contributed by atoms with Crippen molar-refractivity contribution in [3.8, 4) is 0 Å². The van der Waals surface area contributed by atoms with E-state index in [-0.39, 0.29) is 11.9 Å². The average molecular weight is 217 g/mol. The SMILES string of the molecule is NC(Cc1cccc(F)c1)c1ccnnc1. The molecule has 82 valence electrons. The molecular formula is C12H12FN3. The normalized spacial score (nSPS) is 12.4. The van der Waals surface area contributed by atoms with E-state index in [0.29, 0.717) is 6.42 Å². The number of rotatable bonds is 3. The van der Waals surface area contributed by atoms with Gasteiger partial charge in [-0.1, -0.05) is 12.1 Å². The van der Waals surface area contributed by atoms with E-state index in [2.05, 4.69) is 10.2 Å². The number of hydrogen-bond acceptors (Lipinski definition) is 3. The summed E-state index contributed by atoms with van der Waals surface area (Å²) in [4.78, 5) is 0. The van der Waals surface area contributed by atoms with Crippen LogP contribution in [0, 0.1) is 5.82 Å². The monoisotopic (exact) mass is 217 g/mol. The van der Waals surface area contributed by atoms with Gasteiger partial charge in [0.2, 0.25) is 0 Å². The van der Waals surface area contributed by atoms with E-state index in [1.165, 1.54) is 12.1 Å². The summed E-state index contributed by atoms with van der Waals surface area (Å²) in [5.41, 5.74) is 7.77. The minimum Gasteiger partial charge on any atom is -0.324 e. The lowest BCUT2D eigenvalue weighted by atomic mass is 10.0. The molecular weight excluding hydrogens is 205 g/mol. The maximum absolute atomic E-state index is 13.0. The van der Waals surface area contributed by atoms with Crippen molar-refractivity contribution in [1.29, 1.82) is 0 Å². The predicted molar refractivity (Wildman–Crippen MR) is 59.1 cm³/mol. The van der Waals surface area contributed by atoms with Crippen molar-refractivity contribution in [1.82, 2.24) is 10.2 Å². The van der Waals surface area contributed by atoms with Gasteiger partial charge in [-0.25, -0.2) is 4.39 Å². The number of nitrogens with two attached hydrogens (primary N) is 1. The molecule has 0 aliphatic carbocycles. The molecule has 0 aliphatic rings. The Bertz CT molecular complexity index is 459. The van der Waals surface area contributed by atoms with Crippen LogP contribution in [-0.4, -0.2) is 10.2 Å². The Morgan fingerprint density at radius 3 is 2.81 bits per heavy atom. The van der Waals surface area contributed by atoms with Crippen molar-refractivity contribution in [3.63, 3.8) is 0 Å². The first-order valence-electron chi connectivity index (χ1n) is 5.02. The molecule has 2 aromatic rings. The zero-order valence-electron chi connectivity index (χ0n) is 8.68. The lowest BCUT2D eigenvalue weighted by Crippen LogP contribution is -2.13. The Morgan fingerprint density at radius 2 is 2.12 bits per heavy atom. The van der Waals surface area contributed by atoms with Gasteiger partial charge >= 0.3 is 0 Å². The first-order chi connectivity index (χ1) is 7.75. The minimum absolute atomic E-state index is 0.183. The highest BCUT2D eigenvalue weighted by atomic mass is 19.1. The van der Waals surface area contributed by atoms with E-state index >= 15 is 0 Å². The fourth-order valence-corrected chi connectivity index (χ4v) is 1.56. The van der Waals surface area contributed by atoms with E-state index in [1.807, 2.05) is 12.1 Å². The van der Waals surface area contributed by atoms with Crippen molar-refractivity contribution in [2.45, 2.75) is 12.5 Å². The second-order valence-electron chi connectivity index (χ2n) is 3.62. The zero-order valence-corrected chi connectivity index (χ0v) is 8.68. The minimum atomic E-state index is -0.238. The van der Waals surface area contributed by atoms with E-state index in [4.69, 9.17) is 5.73 Å². The fourth-order valence-electron chi connectivity index (χ4n) is 1.56. The van der Waals surface area contributed by atoms with Gasteiger partial charge in [-0.3, -0.25) is 0 Å². The molecule has 4 heteroatoms. The van der Waals surface area contributed by atoms with Gasteiger partial charge < -0.3 is 5.73 Å². The summed E-state index contributed by atoms with van der Waals surface area (Å²) >= 11 is 0. The van der Waals surface area contributed by atoms with Crippen molar-refractivity contribution in [3.05, 3.63) is 59.7 Å². The molecule has 0 saturated carbocycles. The van der Waals surface area contributed by atoms with Crippen molar-refractivity contribution >= 4 is 0 Å². The third-order valence-corrected chi connectivity index (χ3v) is 2.38. The van der Waals surface area contributed by atoms with Crippen LogP contribution in [0.1, 0.15) is 17.2 Å². The number of nitrogens with zero attached hydrogens (tertiary/aromatic N) is 2. The molecule has 3 nitrogen and oxygen atoms in total. The van der Waals surface area contributed by atoms with Gasteiger partial charge in [-0.15, -0.1) is 0 Å². The van der Waals surface area contributed by atoms with Gasteiger partial charge in [0.25, 0.3) is 0 Å². The summed E-state index contributed by atoms with van der Waals surface area (Å²) in [6, 6.07) is 8.09. The van der Waals surface area contributed by atoms with Crippen LogP contribution in [0.5, 0.6) is 0 Å². The van der Waals surface area contributed by atoms with Crippen LogP contribution in [-0.2, 0) is 6.42 Å². The van der Waals surface area contributed by atoms with E-state index in [0.717, 1.165) is 11.1 Å². The van der Waals surface area contributed by atoms with E-state index < -0.39 is 0 Å². The molecule has 1 heterocycles. The van der Waals surface area contributed by atoms with Crippen molar-refractivity contribution in [2.75, 3.05) is 0 Å². The first-order valence-corrected chi connectivity index (χ1v) is 5.02. The molecule has 1 aromatic carbocycles. The Hall–Kier alpha value is -1.81.